The summed E-state index contributed by atoms with van der Waals surface area (Å²) in [4.78, 5) is 53.5. The van der Waals surface area contributed by atoms with E-state index in [1.165, 1.54) is 0 Å². The maximum atomic E-state index is 13.3. The van der Waals surface area contributed by atoms with Crippen LogP contribution < -0.4 is 10.6 Å². The molecule has 202 valence electrons. The smallest absolute Gasteiger partial charge is 0.264 e. The number of benzene rings is 1. The van der Waals surface area contributed by atoms with Gasteiger partial charge in [-0.3, -0.25) is 34.1 Å². The van der Waals surface area contributed by atoms with Gasteiger partial charge in [0, 0.05) is 50.0 Å². The Labute approximate surface area is 221 Å². The second kappa shape index (κ2) is 10.3. The molecule has 0 saturated carbocycles. The molecule has 3 aliphatic heterocycles. The number of hydrogen-bond donors (Lipinski definition) is 3. The fraction of sp³-hybridized carbons (Fsp3) is 0.519. The van der Waals surface area contributed by atoms with E-state index in [0.29, 0.717) is 18.3 Å². The number of anilines is 1. The molecule has 38 heavy (non-hydrogen) atoms. The second-order valence-corrected chi connectivity index (χ2v) is 11.0. The summed E-state index contributed by atoms with van der Waals surface area (Å²) in [5.41, 5.74) is 1.31. The van der Waals surface area contributed by atoms with Crippen molar-refractivity contribution in [3.63, 3.8) is 0 Å². The molecule has 2 saturated heterocycles. The molecule has 3 aliphatic rings. The number of aromatic nitrogens is 2. The van der Waals surface area contributed by atoms with E-state index < -0.39 is 35.3 Å². The van der Waals surface area contributed by atoms with Crippen molar-refractivity contribution in [2.45, 2.75) is 70.2 Å². The molecule has 11 nitrogen and oxygen atoms in total. The van der Waals surface area contributed by atoms with Crippen molar-refractivity contribution in [1.29, 1.82) is 0 Å². The minimum atomic E-state index is -0.993. The zero-order chi connectivity index (χ0) is 27.0. The lowest BCUT2D eigenvalue weighted by molar-refractivity contribution is -0.136. The van der Waals surface area contributed by atoms with E-state index in [-0.39, 0.29) is 24.0 Å². The van der Waals surface area contributed by atoms with Crippen LogP contribution in [0.5, 0.6) is 0 Å². The Hall–Kier alpha value is -3.57. The second-order valence-electron chi connectivity index (χ2n) is 11.0. The molecule has 2 fully saturated rings. The molecule has 1 aromatic heterocycles. The monoisotopic (exact) mass is 522 g/mol. The molecule has 0 radical (unpaired) electrons. The number of rotatable bonds is 8. The molecule has 4 heterocycles. The average Bonchev–Trinajstić information content (AvgIpc) is 3.45. The number of carbonyl (C=O) groups excluding carboxylic acids is 4. The van der Waals surface area contributed by atoms with Crippen LogP contribution in [0, 0.1) is 0 Å². The van der Waals surface area contributed by atoms with Gasteiger partial charge in [-0.05, 0) is 51.7 Å². The highest BCUT2D eigenvalue weighted by atomic mass is 16.3. The van der Waals surface area contributed by atoms with Gasteiger partial charge >= 0.3 is 0 Å². The molecule has 1 unspecified atom stereocenters. The number of carbonyl (C=O) groups is 4. The summed E-state index contributed by atoms with van der Waals surface area (Å²) in [6, 6.07) is 4.34. The summed E-state index contributed by atoms with van der Waals surface area (Å²) >= 11 is 0. The van der Waals surface area contributed by atoms with Crippen LogP contribution in [0.2, 0.25) is 0 Å². The maximum Gasteiger partial charge on any atom is 0.264 e. The highest BCUT2D eigenvalue weighted by Crippen LogP contribution is 2.32. The third-order valence-corrected chi connectivity index (χ3v) is 7.58. The predicted molar refractivity (Wildman–Crippen MR) is 138 cm³/mol. The van der Waals surface area contributed by atoms with Crippen molar-refractivity contribution < 1.29 is 24.3 Å². The number of imide groups is 2. The van der Waals surface area contributed by atoms with Crippen LogP contribution in [-0.4, -0.2) is 79.6 Å². The van der Waals surface area contributed by atoms with E-state index in [0.717, 1.165) is 49.4 Å². The van der Waals surface area contributed by atoms with E-state index in [1.54, 1.807) is 24.4 Å². The van der Waals surface area contributed by atoms with Gasteiger partial charge in [0.05, 0.1) is 29.0 Å². The number of aliphatic hydroxyl groups is 1. The Morgan fingerprint density at radius 2 is 1.87 bits per heavy atom. The average molecular weight is 523 g/mol. The Morgan fingerprint density at radius 1 is 1.11 bits per heavy atom. The first-order valence-corrected chi connectivity index (χ1v) is 13.2. The van der Waals surface area contributed by atoms with Gasteiger partial charge in [-0.2, -0.15) is 5.10 Å². The third kappa shape index (κ3) is 5.34. The SMILES string of the molecule is CC(C)(O)CCN1CCC(n2cc(CNc3cccc4c3C(=O)N(C3CCC(=O)NC3=O)C4=O)cn2)CC1. The highest BCUT2D eigenvalue weighted by Gasteiger charge is 2.45. The lowest BCUT2D eigenvalue weighted by Crippen LogP contribution is -2.54. The summed E-state index contributed by atoms with van der Waals surface area (Å²) in [6.45, 7) is 6.90. The predicted octanol–water partition coefficient (Wildman–Crippen LogP) is 1.69. The molecule has 1 aromatic carbocycles. The first kappa shape index (κ1) is 26.1. The van der Waals surface area contributed by atoms with Gasteiger partial charge in [-0.15, -0.1) is 0 Å². The van der Waals surface area contributed by atoms with Crippen molar-refractivity contribution in [3.8, 4) is 0 Å². The minimum absolute atomic E-state index is 0.0821. The number of piperidine rings is 2. The maximum absolute atomic E-state index is 13.3. The van der Waals surface area contributed by atoms with Gasteiger partial charge in [0.25, 0.3) is 11.8 Å². The van der Waals surface area contributed by atoms with E-state index in [9.17, 15) is 24.3 Å². The quantitative estimate of drug-likeness (QED) is 0.446. The van der Waals surface area contributed by atoms with Crippen LogP contribution in [0.25, 0.3) is 0 Å². The van der Waals surface area contributed by atoms with Crippen LogP contribution in [0.3, 0.4) is 0 Å². The molecular formula is C27H34N6O5. The van der Waals surface area contributed by atoms with Gasteiger partial charge in [-0.25, -0.2) is 0 Å². The van der Waals surface area contributed by atoms with Crippen molar-refractivity contribution in [1.82, 2.24) is 24.9 Å². The highest BCUT2D eigenvalue weighted by molar-refractivity contribution is 6.25. The topological polar surface area (TPSA) is 137 Å². The lowest BCUT2D eigenvalue weighted by atomic mass is 10.0. The molecule has 0 bridgehead atoms. The molecule has 4 amide bonds. The number of fused-ring (bicyclic) bond motifs is 1. The largest absolute Gasteiger partial charge is 0.390 e. The summed E-state index contributed by atoms with van der Waals surface area (Å²) in [5.74, 6) is -2.08. The number of amides is 4. The van der Waals surface area contributed by atoms with Crippen LogP contribution in [0.1, 0.15) is 78.3 Å². The van der Waals surface area contributed by atoms with Gasteiger partial charge < -0.3 is 15.3 Å². The Kier molecular flexibility index (Phi) is 7.06. The third-order valence-electron chi connectivity index (χ3n) is 7.58. The lowest BCUT2D eigenvalue weighted by Gasteiger charge is -2.33. The molecule has 11 heteroatoms. The Bertz CT molecular complexity index is 1260. The van der Waals surface area contributed by atoms with Crippen molar-refractivity contribution in [2.24, 2.45) is 0 Å². The van der Waals surface area contributed by atoms with Gasteiger partial charge in [0.1, 0.15) is 6.04 Å². The van der Waals surface area contributed by atoms with Gasteiger partial charge in [-0.1, -0.05) is 6.07 Å². The van der Waals surface area contributed by atoms with E-state index in [4.69, 9.17) is 0 Å². The first-order valence-electron chi connectivity index (χ1n) is 13.2. The van der Waals surface area contributed by atoms with Crippen LogP contribution in [-0.2, 0) is 16.1 Å². The summed E-state index contributed by atoms with van der Waals surface area (Å²) in [5, 5.41) is 20.0. The molecule has 5 rings (SSSR count). The van der Waals surface area contributed by atoms with E-state index in [1.807, 2.05) is 24.7 Å². The molecular weight excluding hydrogens is 488 g/mol. The van der Waals surface area contributed by atoms with E-state index in [2.05, 4.69) is 20.6 Å². The van der Waals surface area contributed by atoms with Crippen molar-refractivity contribution >= 4 is 29.3 Å². The number of hydrogen-bond acceptors (Lipinski definition) is 8. The zero-order valence-electron chi connectivity index (χ0n) is 21.8. The summed E-state index contributed by atoms with van der Waals surface area (Å²) in [7, 11) is 0. The molecule has 0 aliphatic carbocycles. The normalized spacial score (nSPS) is 21.1. The van der Waals surface area contributed by atoms with Gasteiger partial charge in [0.15, 0.2) is 0 Å². The van der Waals surface area contributed by atoms with Crippen molar-refractivity contribution in [3.05, 3.63) is 47.3 Å². The van der Waals surface area contributed by atoms with Crippen LogP contribution >= 0.6 is 0 Å². The number of nitrogens with one attached hydrogen (secondary N) is 2. The molecule has 2 aromatic rings. The fourth-order valence-corrected chi connectivity index (χ4v) is 5.37. The fourth-order valence-electron chi connectivity index (χ4n) is 5.37. The van der Waals surface area contributed by atoms with Crippen molar-refractivity contribution in [2.75, 3.05) is 25.0 Å². The standard InChI is InChI=1S/C27H34N6O5/c1-27(2,38)10-13-31-11-8-18(9-12-31)32-16-17(15-29-32)14-28-20-5-3-4-19-23(20)26(37)33(25(19)36)21-6-7-22(34)30-24(21)35/h3-5,15-16,18,21,28,38H,6-14H2,1-2H3,(H,30,34,35). The minimum Gasteiger partial charge on any atom is -0.390 e. The number of likely N-dealkylation sites (tertiary alicyclic amines) is 1. The molecule has 0 spiro atoms. The number of nitrogens with zero attached hydrogens (tertiary/aromatic N) is 4. The van der Waals surface area contributed by atoms with Crippen LogP contribution in [0.4, 0.5) is 5.69 Å². The zero-order valence-corrected chi connectivity index (χ0v) is 21.8. The van der Waals surface area contributed by atoms with E-state index >= 15 is 0 Å². The first-order chi connectivity index (χ1) is 18.1. The molecule has 1 atom stereocenters. The Balaban J connectivity index is 1.21. The Morgan fingerprint density at radius 3 is 2.58 bits per heavy atom. The van der Waals surface area contributed by atoms with Crippen LogP contribution in [0.15, 0.2) is 30.6 Å². The summed E-state index contributed by atoms with van der Waals surface area (Å²) in [6.07, 6.45) is 6.74. The van der Waals surface area contributed by atoms with Gasteiger partial charge in [0.2, 0.25) is 11.8 Å². The summed E-state index contributed by atoms with van der Waals surface area (Å²) < 4.78 is 2.00. The molecule has 3 N–H and O–H groups in total.